The van der Waals surface area contributed by atoms with Gasteiger partial charge in [-0.3, -0.25) is 4.68 Å². The molecule has 4 nitrogen and oxygen atoms in total. The summed E-state index contributed by atoms with van der Waals surface area (Å²) in [7, 11) is 1.74. The van der Waals surface area contributed by atoms with Crippen LogP contribution in [-0.4, -0.2) is 20.9 Å². The van der Waals surface area contributed by atoms with E-state index < -0.39 is 5.97 Å². The molecule has 0 aliphatic carbocycles. The van der Waals surface area contributed by atoms with Gasteiger partial charge in [-0.2, -0.15) is 5.10 Å². The minimum Gasteiger partial charge on any atom is -0.478 e. The largest absolute Gasteiger partial charge is 0.478 e. The van der Waals surface area contributed by atoms with Crippen molar-refractivity contribution in [2.75, 3.05) is 0 Å². The van der Waals surface area contributed by atoms with Crippen molar-refractivity contribution in [1.82, 2.24) is 9.78 Å². The summed E-state index contributed by atoms with van der Waals surface area (Å²) in [4.78, 5) is 11.1. The van der Waals surface area contributed by atoms with Crippen LogP contribution < -0.4 is 0 Å². The predicted octanol–water partition coefficient (Wildman–Crippen LogP) is 2.86. The Bertz CT molecular complexity index is 590. The zero-order chi connectivity index (χ0) is 12.6. The van der Waals surface area contributed by atoms with Crippen molar-refractivity contribution in [3.63, 3.8) is 0 Å². The lowest BCUT2D eigenvalue weighted by Crippen LogP contribution is -2.01. The number of aromatic nitrogens is 2. The summed E-state index contributed by atoms with van der Waals surface area (Å²) < 4.78 is 2.49. The van der Waals surface area contributed by atoms with Crippen LogP contribution in [0.5, 0.6) is 0 Å². The van der Waals surface area contributed by atoms with Crippen LogP contribution in [0.25, 0.3) is 11.3 Å². The lowest BCUT2D eigenvalue weighted by molar-refractivity contribution is 0.0697. The first kappa shape index (κ1) is 11.9. The Morgan fingerprint density at radius 1 is 1.47 bits per heavy atom. The molecule has 0 aliphatic rings. The summed E-state index contributed by atoms with van der Waals surface area (Å²) in [5.41, 5.74) is 2.72. The van der Waals surface area contributed by atoms with E-state index in [1.807, 2.05) is 25.1 Å². The summed E-state index contributed by atoms with van der Waals surface area (Å²) in [6.45, 7) is 1.94. The molecule has 5 heteroatoms. The molecule has 1 heterocycles. The monoisotopic (exact) mass is 294 g/mol. The van der Waals surface area contributed by atoms with Gasteiger partial charge < -0.3 is 5.11 Å². The Morgan fingerprint density at radius 2 is 2.18 bits per heavy atom. The van der Waals surface area contributed by atoms with E-state index in [-0.39, 0.29) is 5.56 Å². The number of hydrogen-bond donors (Lipinski definition) is 1. The van der Waals surface area contributed by atoms with E-state index in [2.05, 4.69) is 21.0 Å². The second kappa shape index (κ2) is 4.33. The van der Waals surface area contributed by atoms with Gasteiger partial charge in [0.2, 0.25) is 0 Å². The fraction of sp³-hybridized carbons (Fsp3) is 0.167. The number of carboxylic acid groups (broad SMARTS) is 1. The third-order valence-electron chi connectivity index (χ3n) is 2.62. The van der Waals surface area contributed by atoms with Crippen molar-refractivity contribution in [1.29, 1.82) is 0 Å². The number of hydrogen-bond acceptors (Lipinski definition) is 2. The fourth-order valence-electron chi connectivity index (χ4n) is 1.76. The van der Waals surface area contributed by atoms with E-state index >= 15 is 0 Å². The van der Waals surface area contributed by atoms with Crippen LogP contribution in [0, 0.1) is 6.92 Å². The first-order valence-corrected chi connectivity index (χ1v) is 5.82. The minimum absolute atomic E-state index is 0.216. The van der Waals surface area contributed by atoms with Crippen LogP contribution in [-0.2, 0) is 7.05 Å². The molecule has 0 saturated carbocycles. The minimum atomic E-state index is -0.965. The lowest BCUT2D eigenvalue weighted by atomic mass is 10.0. The molecule has 0 saturated heterocycles. The number of carbonyl (C=O) groups is 1. The maximum Gasteiger partial charge on any atom is 0.339 e. The van der Waals surface area contributed by atoms with Gasteiger partial charge in [0.25, 0.3) is 0 Å². The van der Waals surface area contributed by atoms with Crippen molar-refractivity contribution < 1.29 is 9.90 Å². The van der Waals surface area contributed by atoms with Gasteiger partial charge in [0.05, 0.1) is 11.9 Å². The predicted molar refractivity (Wildman–Crippen MR) is 68.0 cm³/mol. The third-order valence-corrected chi connectivity index (χ3v) is 3.12. The summed E-state index contributed by atoms with van der Waals surface area (Å²) in [5.74, 6) is -0.965. The van der Waals surface area contributed by atoms with Crippen LogP contribution in [0.4, 0.5) is 0 Å². The average molecular weight is 295 g/mol. The van der Waals surface area contributed by atoms with Gasteiger partial charge in [-0.1, -0.05) is 22.0 Å². The molecule has 0 amide bonds. The molecule has 1 aromatic carbocycles. The van der Waals surface area contributed by atoms with E-state index in [1.165, 1.54) is 6.20 Å². The lowest BCUT2D eigenvalue weighted by Gasteiger charge is -2.08. The maximum atomic E-state index is 11.1. The average Bonchev–Trinajstić information content (AvgIpc) is 2.64. The van der Waals surface area contributed by atoms with E-state index in [0.717, 1.165) is 15.6 Å². The highest BCUT2D eigenvalue weighted by Crippen LogP contribution is 2.29. The number of carboxylic acids is 1. The summed E-state index contributed by atoms with van der Waals surface area (Å²) in [6, 6.07) is 5.77. The zero-order valence-corrected chi connectivity index (χ0v) is 11.0. The SMILES string of the molecule is Cc1ccc(Br)cc1-c1c(C(=O)O)cnn1C. The van der Waals surface area contributed by atoms with Gasteiger partial charge >= 0.3 is 5.97 Å². The first-order valence-electron chi connectivity index (χ1n) is 5.02. The molecule has 0 radical (unpaired) electrons. The fourth-order valence-corrected chi connectivity index (χ4v) is 2.12. The Balaban J connectivity index is 2.71. The Morgan fingerprint density at radius 3 is 2.82 bits per heavy atom. The van der Waals surface area contributed by atoms with E-state index in [9.17, 15) is 4.79 Å². The standard InChI is InChI=1S/C12H11BrN2O2/c1-7-3-4-8(13)5-9(7)11-10(12(16)17)6-14-15(11)2/h3-6H,1-2H3,(H,16,17). The quantitative estimate of drug-likeness (QED) is 0.927. The molecule has 0 bridgehead atoms. The maximum absolute atomic E-state index is 11.1. The molecule has 17 heavy (non-hydrogen) atoms. The normalized spacial score (nSPS) is 10.5. The van der Waals surface area contributed by atoms with E-state index in [0.29, 0.717) is 5.69 Å². The summed E-state index contributed by atoms with van der Waals surface area (Å²) in [6.07, 6.45) is 1.37. The molecule has 0 fully saturated rings. The van der Waals surface area contributed by atoms with Crippen LogP contribution in [0.1, 0.15) is 15.9 Å². The number of halogens is 1. The topological polar surface area (TPSA) is 55.1 Å². The van der Waals surface area contributed by atoms with Crippen LogP contribution in [0.2, 0.25) is 0 Å². The zero-order valence-electron chi connectivity index (χ0n) is 9.44. The first-order chi connectivity index (χ1) is 8.00. The highest BCUT2D eigenvalue weighted by atomic mass is 79.9. The van der Waals surface area contributed by atoms with Gasteiger partial charge in [-0.05, 0) is 24.6 Å². The molecule has 0 unspecified atom stereocenters. The van der Waals surface area contributed by atoms with Crippen molar-refractivity contribution in [3.8, 4) is 11.3 Å². The second-order valence-corrected chi connectivity index (χ2v) is 4.71. The molecule has 1 aromatic heterocycles. The van der Waals surface area contributed by atoms with Gasteiger partial charge in [0, 0.05) is 17.1 Å². The van der Waals surface area contributed by atoms with E-state index in [4.69, 9.17) is 5.11 Å². The molecule has 1 N–H and O–H groups in total. The number of nitrogens with zero attached hydrogens (tertiary/aromatic N) is 2. The van der Waals surface area contributed by atoms with Crippen LogP contribution >= 0.6 is 15.9 Å². The summed E-state index contributed by atoms with van der Waals surface area (Å²) >= 11 is 3.39. The number of rotatable bonds is 2. The van der Waals surface area contributed by atoms with Crippen molar-refractivity contribution in [2.45, 2.75) is 6.92 Å². The summed E-state index contributed by atoms with van der Waals surface area (Å²) in [5, 5.41) is 13.1. The van der Waals surface area contributed by atoms with Gasteiger partial charge in [-0.15, -0.1) is 0 Å². The Labute approximate surface area is 107 Å². The highest BCUT2D eigenvalue weighted by molar-refractivity contribution is 9.10. The Kier molecular flexibility index (Phi) is 3.02. The molecular weight excluding hydrogens is 284 g/mol. The number of benzene rings is 1. The van der Waals surface area contributed by atoms with Gasteiger partial charge in [0.1, 0.15) is 5.56 Å². The molecule has 0 spiro atoms. The molecule has 2 aromatic rings. The van der Waals surface area contributed by atoms with Crippen molar-refractivity contribution in [2.24, 2.45) is 7.05 Å². The van der Waals surface area contributed by atoms with E-state index in [1.54, 1.807) is 11.7 Å². The van der Waals surface area contributed by atoms with Crippen LogP contribution in [0.3, 0.4) is 0 Å². The van der Waals surface area contributed by atoms with Gasteiger partial charge in [-0.25, -0.2) is 4.79 Å². The van der Waals surface area contributed by atoms with Crippen molar-refractivity contribution in [3.05, 3.63) is 40.0 Å². The smallest absolute Gasteiger partial charge is 0.339 e. The molecule has 2 rings (SSSR count). The third kappa shape index (κ3) is 2.10. The second-order valence-electron chi connectivity index (χ2n) is 3.79. The number of aromatic carboxylic acids is 1. The number of aryl methyl sites for hydroxylation is 2. The highest BCUT2D eigenvalue weighted by Gasteiger charge is 2.18. The molecule has 0 atom stereocenters. The Hall–Kier alpha value is -1.62. The molecule has 88 valence electrons. The molecular formula is C12H11BrN2O2. The van der Waals surface area contributed by atoms with Crippen molar-refractivity contribution >= 4 is 21.9 Å². The van der Waals surface area contributed by atoms with Gasteiger partial charge in [0.15, 0.2) is 0 Å². The molecule has 0 aliphatic heterocycles. The van der Waals surface area contributed by atoms with Crippen LogP contribution in [0.15, 0.2) is 28.9 Å².